The first kappa shape index (κ1) is 15.5. The molecule has 1 heterocycles. The summed E-state index contributed by atoms with van der Waals surface area (Å²) in [5.74, 6) is 6.69. The van der Waals surface area contributed by atoms with Gasteiger partial charge in [-0.05, 0) is 29.3 Å². The number of para-hydroxylation sites is 2. The maximum absolute atomic E-state index is 6.08. The average molecular weight is 344 g/mol. The maximum Gasteiger partial charge on any atom is 0.151 e. The first-order valence-corrected chi connectivity index (χ1v) is 8.97. The normalized spacial score (nSPS) is 10.7. The zero-order valence-corrected chi connectivity index (χ0v) is 14.6. The Morgan fingerprint density at radius 3 is 2.11 bits per heavy atom. The fraction of sp³-hybridized carbons (Fsp3) is 0. The van der Waals surface area contributed by atoms with Gasteiger partial charge in [0.15, 0.2) is 5.58 Å². The molecule has 0 spiro atoms. The third-order valence-electron chi connectivity index (χ3n) is 4.75. The van der Waals surface area contributed by atoms with Gasteiger partial charge >= 0.3 is 0 Å². The Morgan fingerprint density at radius 1 is 0.519 bits per heavy atom. The van der Waals surface area contributed by atoms with Crippen LogP contribution in [0.5, 0.6) is 0 Å². The van der Waals surface area contributed by atoms with Crippen molar-refractivity contribution in [2.75, 3.05) is 0 Å². The van der Waals surface area contributed by atoms with E-state index < -0.39 is 0 Å². The molecule has 1 nitrogen and oxygen atoms in total. The Balaban J connectivity index is 1.65. The summed E-state index contributed by atoms with van der Waals surface area (Å²) >= 11 is 0. The molecule has 0 saturated heterocycles. The van der Waals surface area contributed by atoms with Crippen LogP contribution in [0.15, 0.2) is 101 Å². The van der Waals surface area contributed by atoms with Crippen LogP contribution >= 0.6 is 0 Å². The molecule has 0 amide bonds. The van der Waals surface area contributed by atoms with Crippen molar-refractivity contribution < 1.29 is 4.42 Å². The predicted molar refractivity (Wildman–Crippen MR) is 112 cm³/mol. The molecule has 0 aliphatic rings. The lowest BCUT2D eigenvalue weighted by molar-refractivity contribution is 0.668. The van der Waals surface area contributed by atoms with Crippen LogP contribution in [-0.4, -0.2) is 0 Å². The van der Waals surface area contributed by atoms with Crippen LogP contribution in [0.4, 0.5) is 0 Å². The van der Waals surface area contributed by atoms with Gasteiger partial charge in [0.05, 0.1) is 5.56 Å². The summed E-state index contributed by atoms with van der Waals surface area (Å²) in [4.78, 5) is 0. The molecule has 0 atom stereocenters. The molecule has 126 valence electrons. The molecule has 27 heavy (non-hydrogen) atoms. The summed E-state index contributed by atoms with van der Waals surface area (Å²) in [6.07, 6.45) is 0. The average Bonchev–Trinajstić information content (AvgIpc) is 3.12. The van der Waals surface area contributed by atoms with E-state index in [9.17, 15) is 0 Å². The molecule has 0 radical (unpaired) electrons. The van der Waals surface area contributed by atoms with Crippen molar-refractivity contribution >= 4 is 21.9 Å². The van der Waals surface area contributed by atoms with Gasteiger partial charge in [0, 0.05) is 16.3 Å². The number of rotatable bonds is 1. The Labute approximate surface area is 157 Å². The monoisotopic (exact) mass is 344 g/mol. The minimum absolute atomic E-state index is 0.850. The van der Waals surface area contributed by atoms with E-state index in [0.717, 1.165) is 38.6 Å². The van der Waals surface area contributed by atoms with Crippen molar-refractivity contribution in [2.45, 2.75) is 0 Å². The van der Waals surface area contributed by atoms with Gasteiger partial charge in [0.25, 0.3) is 0 Å². The van der Waals surface area contributed by atoms with E-state index in [1.54, 1.807) is 0 Å². The number of fused-ring (bicyclic) bond motifs is 3. The van der Waals surface area contributed by atoms with E-state index >= 15 is 0 Å². The topological polar surface area (TPSA) is 13.1 Å². The highest BCUT2D eigenvalue weighted by Gasteiger charge is 2.09. The standard InChI is InChI=1S/C26H16O/c1-2-9-19(10-3-1)22-13-5-4-11-20(22)17-18-21-12-8-15-24-23-14-6-7-16-25(23)27-26(21)24/h1-16H. The van der Waals surface area contributed by atoms with E-state index in [1.807, 2.05) is 48.5 Å². The molecule has 1 heteroatoms. The van der Waals surface area contributed by atoms with Gasteiger partial charge in [-0.1, -0.05) is 90.7 Å². The van der Waals surface area contributed by atoms with Crippen LogP contribution in [0.1, 0.15) is 11.1 Å². The largest absolute Gasteiger partial charge is 0.455 e. The second-order valence-electron chi connectivity index (χ2n) is 6.44. The first-order valence-electron chi connectivity index (χ1n) is 8.97. The molecule has 1 aromatic heterocycles. The number of furan rings is 1. The second-order valence-corrected chi connectivity index (χ2v) is 6.44. The third-order valence-corrected chi connectivity index (χ3v) is 4.75. The van der Waals surface area contributed by atoms with E-state index in [2.05, 4.69) is 60.4 Å². The molecule has 0 aliphatic carbocycles. The van der Waals surface area contributed by atoms with Gasteiger partial charge in [-0.15, -0.1) is 0 Å². The Hall–Kier alpha value is -3.76. The van der Waals surface area contributed by atoms with Crippen molar-refractivity contribution in [3.63, 3.8) is 0 Å². The van der Waals surface area contributed by atoms with Crippen molar-refractivity contribution in [3.8, 4) is 23.0 Å². The SMILES string of the molecule is C(#Cc1cccc2c1oc1ccccc12)c1ccccc1-c1ccccc1. The van der Waals surface area contributed by atoms with Crippen molar-refractivity contribution in [3.05, 3.63) is 108 Å². The van der Waals surface area contributed by atoms with Crippen LogP contribution in [-0.2, 0) is 0 Å². The highest BCUT2D eigenvalue weighted by atomic mass is 16.3. The molecule has 0 bridgehead atoms. The second kappa shape index (κ2) is 6.52. The van der Waals surface area contributed by atoms with E-state index in [0.29, 0.717) is 0 Å². The highest BCUT2D eigenvalue weighted by Crippen LogP contribution is 2.30. The van der Waals surface area contributed by atoms with Crippen LogP contribution < -0.4 is 0 Å². The number of hydrogen-bond acceptors (Lipinski definition) is 1. The molecule has 0 saturated carbocycles. The van der Waals surface area contributed by atoms with Crippen molar-refractivity contribution in [1.82, 2.24) is 0 Å². The molecule has 5 rings (SSSR count). The lowest BCUT2D eigenvalue weighted by atomic mass is 10.00. The zero-order chi connectivity index (χ0) is 18.1. The van der Waals surface area contributed by atoms with Crippen molar-refractivity contribution in [1.29, 1.82) is 0 Å². The summed E-state index contributed by atoms with van der Waals surface area (Å²) < 4.78 is 6.08. The van der Waals surface area contributed by atoms with Crippen LogP contribution in [0.25, 0.3) is 33.1 Å². The van der Waals surface area contributed by atoms with E-state index in [4.69, 9.17) is 4.42 Å². The van der Waals surface area contributed by atoms with Gasteiger partial charge in [-0.2, -0.15) is 0 Å². The molecule has 4 aromatic carbocycles. The zero-order valence-electron chi connectivity index (χ0n) is 14.6. The van der Waals surface area contributed by atoms with Gasteiger partial charge in [0.1, 0.15) is 5.58 Å². The summed E-state index contributed by atoms with van der Waals surface area (Å²) in [6, 6.07) is 32.9. The number of hydrogen-bond donors (Lipinski definition) is 0. The van der Waals surface area contributed by atoms with E-state index in [-0.39, 0.29) is 0 Å². The van der Waals surface area contributed by atoms with Gasteiger partial charge in [-0.3, -0.25) is 0 Å². The summed E-state index contributed by atoms with van der Waals surface area (Å²) in [6.45, 7) is 0. The first-order chi connectivity index (χ1) is 13.4. The fourth-order valence-corrected chi connectivity index (χ4v) is 3.44. The van der Waals surface area contributed by atoms with E-state index in [1.165, 1.54) is 5.56 Å². The number of benzene rings is 4. The maximum atomic E-state index is 6.08. The summed E-state index contributed by atoms with van der Waals surface area (Å²) in [5, 5.41) is 2.23. The van der Waals surface area contributed by atoms with Gasteiger partial charge < -0.3 is 4.42 Å². The molecule has 0 unspecified atom stereocenters. The van der Waals surface area contributed by atoms with Crippen LogP contribution in [0.2, 0.25) is 0 Å². The summed E-state index contributed by atoms with van der Waals surface area (Å²) in [5.41, 5.74) is 5.98. The van der Waals surface area contributed by atoms with Crippen molar-refractivity contribution in [2.24, 2.45) is 0 Å². The predicted octanol–water partition coefficient (Wildman–Crippen LogP) is 6.65. The Morgan fingerprint density at radius 2 is 1.19 bits per heavy atom. The molecule has 5 aromatic rings. The quantitative estimate of drug-likeness (QED) is 0.310. The fourth-order valence-electron chi connectivity index (χ4n) is 3.44. The molecule has 0 N–H and O–H groups in total. The smallest absolute Gasteiger partial charge is 0.151 e. The minimum Gasteiger partial charge on any atom is -0.455 e. The molecule has 0 fully saturated rings. The third kappa shape index (κ3) is 2.78. The van der Waals surface area contributed by atoms with Crippen LogP contribution in [0, 0.1) is 11.8 Å². The molecule has 0 aliphatic heterocycles. The van der Waals surface area contributed by atoms with Crippen LogP contribution in [0.3, 0.4) is 0 Å². The lowest BCUT2D eigenvalue weighted by Crippen LogP contribution is -1.84. The minimum atomic E-state index is 0.850. The highest BCUT2D eigenvalue weighted by molar-refractivity contribution is 6.06. The lowest BCUT2D eigenvalue weighted by Gasteiger charge is -2.04. The van der Waals surface area contributed by atoms with Gasteiger partial charge in [0.2, 0.25) is 0 Å². The molecular weight excluding hydrogens is 328 g/mol. The molecular formula is C26H16O. The Bertz CT molecular complexity index is 1310. The van der Waals surface area contributed by atoms with Gasteiger partial charge in [-0.25, -0.2) is 0 Å². The Kier molecular flexibility index (Phi) is 3.74. The summed E-state index contributed by atoms with van der Waals surface area (Å²) in [7, 11) is 0.